The summed E-state index contributed by atoms with van der Waals surface area (Å²) in [7, 11) is 0. The number of benzene rings is 1. The first kappa shape index (κ1) is 38.5. The standard InChI is InChI=1S/C29H31F17/c1-2-3-16-4-6-17(7-5-16)18-8-10-19(11-9-18)20-12-14-21(15-13-20)22(30,31)23(32,33)24(34,35)25(36,37)26(38,39)27(40,41)28(42,43)29(44,45)46/h12-19H,2-11H2,1H3. The van der Waals surface area contributed by atoms with E-state index in [4.69, 9.17) is 0 Å². The van der Waals surface area contributed by atoms with Crippen molar-refractivity contribution in [2.75, 3.05) is 0 Å². The molecule has 0 heterocycles. The number of hydrogen-bond donors (Lipinski definition) is 0. The Morgan fingerprint density at radius 3 is 1.24 bits per heavy atom. The van der Waals surface area contributed by atoms with Crippen LogP contribution in [-0.4, -0.2) is 41.7 Å². The molecule has 1 aromatic carbocycles. The smallest absolute Gasteiger partial charge is 0.194 e. The highest BCUT2D eigenvalue weighted by Crippen LogP contribution is 2.65. The van der Waals surface area contributed by atoms with E-state index in [1.165, 1.54) is 0 Å². The van der Waals surface area contributed by atoms with Crippen LogP contribution in [0.1, 0.15) is 88.2 Å². The van der Waals surface area contributed by atoms with Crippen molar-refractivity contribution < 1.29 is 74.6 Å². The minimum absolute atomic E-state index is 0.100. The van der Waals surface area contributed by atoms with Crippen molar-refractivity contribution >= 4 is 0 Å². The molecule has 1 aromatic rings. The molecule has 0 saturated heterocycles. The number of halogens is 17. The SMILES string of the molecule is CCCC1CCC(C2CCC(c3ccc(C(F)(F)C(F)(F)C(F)(F)C(F)(F)C(F)(F)C(F)(F)C(F)(F)C(F)(F)F)cc3)CC2)CC1. The zero-order chi connectivity index (χ0) is 35.4. The molecule has 0 aromatic heterocycles. The Balaban J connectivity index is 1.79. The summed E-state index contributed by atoms with van der Waals surface area (Å²) in [6.45, 7) is 2.11. The molecule has 0 atom stereocenters. The molecule has 0 radical (unpaired) electrons. The van der Waals surface area contributed by atoms with Crippen LogP contribution in [0, 0.1) is 17.8 Å². The lowest BCUT2D eigenvalue weighted by Gasteiger charge is -2.42. The molecular formula is C29H31F17. The van der Waals surface area contributed by atoms with Crippen LogP contribution in [0.2, 0.25) is 0 Å². The van der Waals surface area contributed by atoms with E-state index in [-0.39, 0.29) is 23.6 Å². The van der Waals surface area contributed by atoms with Gasteiger partial charge in [0.25, 0.3) is 0 Å². The number of hydrogen-bond acceptors (Lipinski definition) is 0. The largest absolute Gasteiger partial charge is 0.460 e. The summed E-state index contributed by atoms with van der Waals surface area (Å²) in [6, 6.07) is 1.76. The van der Waals surface area contributed by atoms with Crippen LogP contribution in [0.5, 0.6) is 0 Å². The molecule has 2 saturated carbocycles. The third kappa shape index (κ3) is 6.06. The molecule has 0 N–H and O–H groups in total. The van der Waals surface area contributed by atoms with Gasteiger partial charge in [-0.2, -0.15) is 74.6 Å². The summed E-state index contributed by atoms with van der Waals surface area (Å²) in [5, 5.41) is 0. The lowest BCUT2D eigenvalue weighted by molar-refractivity contribution is -0.462. The van der Waals surface area contributed by atoms with Crippen LogP contribution in [0.4, 0.5) is 74.6 Å². The highest BCUT2D eigenvalue weighted by molar-refractivity contribution is 5.31. The zero-order valence-corrected chi connectivity index (χ0v) is 24.1. The van der Waals surface area contributed by atoms with Crippen LogP contribution < -0.4 is 0 Å². The Morgan fingerprint density at radius 1 is 0.478 bits per heavy atom. The Morgan fingerprint density at radius 2 is 0.848 bits per heavy atom. The fraction of sp³-hybridized carbons (Fsp3) is 0.793. The van der Waals surface area contributed by atoms with Crippen molar-refractivity contribution in [1.29, 1.82) is 0 Å². The average Bonchev–Trinajstić information content (AvgIpc) is 2.96. The van der Waals surface area contributed by atoms with Gasteiger partial charge in [0.1, 0.15) is 0 Å². The quantitative estimate of drug-likeness (QED) is 0.201. The summed E-state index contributed by atoms with van der Waals surface area (Å²) in [4.78, 5) is 0. The maximum atomic E-state index is 14.7. The molecule has 0 aliphatic heterocycles. The fourth-order valence-corrected chi connectivity index (χ4v) is 6.59. The maximum absolute atomic E-state index is 14.7. The second-order valence-electron chi connectivity index (χ2n) is 12.3. The Kier molecular flexibility index (Phi) is 10.4. The first-order chi connectivity index (χ1) is 20.7. The highest BCUT2D eigenvalue weighted by Gasteiger charge is 2.95. The molecule has 0 nitrogen and oxygen atoms in total. The normalized spacial score (nSPS) is 25.1. The van der Waals surface area contributed by atoms with Gasteiger partial charge >= 0.3 is 47.6 Å². The Bertz CT molecular complexity index is 1150. The van der Waals surface area contributed by atoms with E-state index in [1.54, 1.807) is 0 Å². The lowest BCUT2D eigenvalue weighted by Crippen LogP contribution is -2.74. The second-order valence-corrected chi connectivity index (χ2v) is 12.3. The molecule has 17 heteroatoms. The molecular weight excluding hydrogens is 671 g/mol. The molecule has 46 heavy (non-hydrogen) atoms. The third-order valence-electron chi connectivity index (χ3n) is 9.49. The van der Waals surface area contributed by atoms with Crippen LogP contribution >= 0.6 is 0 Å². The molecule has 2 aliphatic carbocycles. The summed E-state index contributed by atoms with van der Waals surface area (Å²) in [6.07, 6.45) is 1.42. The minimum atomic E-state index is -8.63. The number of rotatable bonds is 11. The summed E-state index contributed by atoms with van der Waals surface area (Å²) in [5.74, 6) is -55.1. The monoisotopic (exact) mass is 702 g/mol. The summed E-state index contributed by atoms with van der Waals surface area (Å²) >= 11 is 0. The van der Waals surface area contributed by atoms with Crippen molar-refractivity contribution in [2.45, 2.75) is 125 Å². The van der Waals surface area contributed by atoms with Crippen LogP contribution in [0.25, 0.3) is 0 Å². The van der Waals surface area contributed by atoms with Crippen LogP contribution in [0.15, 0.2) is 24.3 Å². The Labute approximate surface area is 253 Å². The zero-order valence-electron chi connectivity index (χ0n) is 24.1. The van der Waals surface area contributed by atoms with Crippen molar-refractivity contribution in [3.05, 3.63) is 35.4 Å². The molecule has 3 rings (SSSR count). The molecule has 0 bridgehead atoms. The van der Waals surface area contributed by atoms with Gasteiger partial charge in [0.2, 0.25) is 0 Å². The molecule has 0 unspecified atom stereocenters. The van der Waals surface area contributed by atoms with Gasteiger partial charge < -0.3 is 0 Å². The van der Waals surface area contributed by atoms with E-state index >= 15 is 0 Å². The average molecular weight is 703 g/mol. The van der Waals surface area contributed by atoms with Crippen molar-refractivity contribution in [2.24, 2.45) is 17.8 Å². The van der Waals surface area contributed by atoms with Crippen molar-refractivity contribution in [1.82, 2.24) is 0 Å². The molecule has 266 valence electrons. The first-order valence-corrected chi connectivity index (χ1v) is 14.5. The maximum Gasteiger partial charge on any atom is 0.460 e. The van der Waals surface area contributed by atoms with E-state index in [0.717, 1.165) is 63.5 Å². The number of alkyl halides is 17. The third-order valence-corrected chi connectivity index (χ3v) is 9.49. The molecule has 2 aliphatic rings. The van der Waals surface area contributed by atoms with Gasteiger partial charge in [-0.1, -0.05) is 56.9 Å². The van der Waals surface area contributed by atoms with Gasteiger partial charge in [-0.15, -0.1) is 0 Å². The van der Waals surface area contributed by atoms with Crippen LogP contribution in [-0.2, 0) is 5.92 Å². The minimum Gasteiger partial charge on any atom is -0.194 e. The molecule has 2 fully saturated rings. The summed E-state index contributed by atoms with van der Waals surface area (Å²) < 4.78 is 231. The fourth-order valence-electron chi connectivity index (χ4n) is 6.59. The van der Waals surface area contributed by atoms with E-state index in [1.807, 2.05) is 0 Å². The van der Waals surface area contributed by atoms with Crippen LogP contribution in [0.3, 0.4) is 0 Å². The van der Waals surface area contributed by atoms with Crippen molar-refractivity contribution in [3.8, 4) is 0 Å². The van der Waals surface area contributed by atoms with E-state index < -0.39 is 53.2 Å². The second kappa shape index (κ2) is 12.5. The van der Waals surface area contributed by atoms with E-state index in [9.17, 15) is 74.6 Å². The topological polar surface area (TPSA) is 0 Å². The molecule has 0 spiro atoms. The van der Waals surface area contributed by atoms with E-state index in [0.29, 0.717) is 30.6 Å². The Hall–Kier alpha value is -1.97. The predicted octanol–water partition coefficient (Wildman–Crippen LogP) is 12.0. The van der Waals surface area contributed by atoms with Gasteiger partial charge in [0.05, 0.1) is 0 Å². The van der Waals surface area contributed by atoms with E-state index in [2.05, 4.69) is 6.92 Å². The predicted molar refractivity (Wildman–Crippen MR) is 131 cm³/mol. The summed E-state index contributed by atoms with van der Waals surface area (Å²) in [5.41, 5.74) is -1.89. The van der Waals surface area contributed by atoms with Gasteiger partial charge in [0.15, 0.2) is 0 Å². The lowest BCUT2D eigenvalue weighted by atomic mass is 9.68. The van der Waals surface area contributed by atoms with Crippen molar-refractivity contribution in [3.63, 3.8) is 0 Å². The highest BCUT2D eigenvalue weighted by atomic mass is 19.4. The molecule has 0 amide bonds. The van der Waals surface area contributed by atoms with Gasteiger partial charge in [-0.05, 0) is 67.8 Å². The van der Waals surface area contributed by atoms with Gasteiger partial charge in [-0.3, -0.25) is 0 Å². The first-order valence-electron chi connectivity index (χ1n) is 14.5. The van der Waals surface area contributed by atoms with Gasteiger partial charge in [-0.25, -0.2) is 0 Å². The van der Waals surface area contributed by atoms with Gasteiger partial charge in [0, 0.05) is 5.56 Å².